The average molecular weight is 325 g/mol. The van der Waals surface area contributed by atoms with Gasteiger partial charge in [0.1, 0.15) is 5.60 Å². The molecule has 1 amide bonds. The minimum atomic E-state index is -0.441. The molecule has 124 valence electrons. The first kappa shape index (κ1) is 17.2. The molecule has 0 radical (unpaired) electrons. The lowest BCUT2D eigenvalue weighted by atomic mass is 9.91. The topological polar surface area (TPSA) is 63.2 Å². The van der Waals surface area contributed by atoms with E-state index in [0.29, 0.717) is 6.04 Å². The summed E-state index contributed by atoms with van der Waals surface area (Å²) in [6.45, 7) is 6.59. The predicted octanol–water partition coefficient (Wildman–Crippen LogP) is 3.11. The molecule has 2 unspecified atom stereocenters. The van der Waals surface area contributed by atoms with Crippen molar-refractivity contribution in [3.63, 3.8) is 0 Å². The number of nitrogens with one attached hydrogen (secondary N) is 2. The zero-order valence-corrected chi connectivity index (χ0v) is 14.5. The summed E-state index contributed by atoms with van der Waals surface area (Å²) in [5.74, 6) is 0. The highest BCUT2D eigenvalue weighted by molar-refractivity contribution is 7.07. The Bertz CT molecular complexity index is 456. The molecule has 0 bridgehead atoms. The van der Waals surface area contributed by atoms with Gasteiger partial charge in [-0.2, -0.15) is 0 Å². The summed E-state index contributed by atoms with van der Waals surface area (Å²) in [6, 6.07) is 0.674. The maximum absolute atomic E-state index is 11.8. The highest BCUT2D eigenvalue weighted by Gasteiger charge is 2.25. The van der Waals surface area contributed by atoms with Crippen LogP contribution in [0.5, 0.6) is 0 Å². The van der Waals surface area contributed by atoms with Gasteiger partial charge in [0.2, 0.25) is 0 Å². The van der Waals surface area contributed by atoms with E-state index in [9.17, 15) is 4.79 Å². The van der Waals surface area contributed by atoms with Crippen molar-refractivity contribution in [1.82, 2.24) is 15.6 Å². The third-order valence-electron chi connectivity index (χ3n) is 3.69. The Kier molecular flexibility index (Phi) is 6.20. The van der Waals surface area contributed by atoms with E-state index in [2.05, 4.69) is 21.0 Å². The van der Waals surface area contributed by atoms with Crippen LogP contribution in [0.3, 0.4) is 0 Å². The molecular formula is C16H27N3O2S. The number of nitrogens with zero attached hydrogens (tertiary/aromatic N) is 1. The van der Waals surface area contributed by atoms with Gasteiger partial charge in [0.15, 0.2) is 0 Å². The lowest BCUT2D eigenvalue weighted by molar-refractivity contribution is 0.0489. The number of ether oxygens (including phenoxy) is 1. The molecule has 1 aliphatic rings. The first-order chi connectivity index (χ1) is 10.4. The number of hydrogen-bond donors (Lipinski definition) is 2. The van der Waals surface area contributed by atoms with Gasteiger partial charge in [0.25, 0.3) is 0 Å². The zero-order chi connectivity index (χ0) is 16.0. The molecule has 0 saturated heterocycles. The van der Waals surface area contributed by atoms with Gasteiger partial charge in [-0.3, -0.25) is 0 Å². The highest BCUT2D eigenvalue weighted by Crippen LogP contribution is 2.19. The van der Waals surface area contributed by atoms with Crippen molar-refractivity contribution >= 4 is 17.4 Å². The average Bonchev–Trinajstić information content (AvgIpc) is 2.90. The van der Waals surface area contributed by atoms with Crippen LogP contribution >= 0.6 is 11.3 Å². The number of carbonyl (C=O) groups is 1. The van der Waals surface area contributed by atoms with Crippen molar-refractivity contribution in [2.45, 2.75) is 70.6 Å². The molecule has 6 heteroatoms. The number of alkyl carbamates (subject to hydrolysis) is 1. The molecule has 1 fully saturated rings. The van der Waals surface area contributed by atoms with E-state index in [4.69, 9.17) is 4.74 Å². The molecule has 2 N–H and O–H groups in total. The molecule has 0 aromatic carbocycles. The summed E-state index contributed by atoms with van der Waals surface area (Å²) >= 11 is 1.64. The van der Waals surface area contributed by atoms with E-state index in [1.165, 1.54) is 6.42 Å². The molecule has 0 aliphatic heterocycles. The van der Waals surface area contributed by atoms with E-state index < -0.39 is 5.60 Å². The van der Waals surface area contributed by atoms with E-state index in [0.717, 1.165) is 37.9 Å². The number of hydrogen-bond acceptors (Lipinski definition) is 5. The molecule has 1 saturated carbocycles. The van der Waals surface area contributed by atoms with Crippen LogP contribution in [0, 0.1) is 0 Å². The lowest BCUT2D eigenvalue weighted by Gasteiger charge is -2.31. The quantitative estimate of drug-likeness (QED) is 0.873. The summed E-state index contributed by atoms with van der Waals surface area (Å²) < 4.78 is 5.33. The summed E-state index contributed by atoms with van der Waals surface area (Å²) in [5, 5.41) is 8.67. The van der Waals surface area contributed by atoms with Crippen LogP contribution in [0.2, 0.25) is 0 Å². The maximum atomic E-state index is 11.8. The molecule has 22 heavy (non-hydrogen) atoms. The SMILES string of the molecule is CC(C)(C)OC(=O)NC1CCCC(NCCc2cscn2)C1. The third kappa shape index (κ3) is 6.32. The van der Waals surface area contributed by atoms with E-state index in [1.807, 2.05) is 26.3 Å². The molecule has 2 atom stereocenters. The Morgan fingerprint density at radius 2 is 2.18 bits per heavy atom. The minimum Gasteiger partial charge on any atom is -0.444 e. The summed E-state index contributed by atoms with van der Waals surface area (Å²) in [5.41, 5.74) is 2.58. The number of thiazole rings is 1. The van der Waals surface area contributed by atoms with Crippen LogP contribution in [-0.4, -0.2) is 35.3 Å². The van der Waals surface area contributed by atoms with Crippen LogP contribution in [0.1, 0.15) is 52.1 Å². The van der Waals surface area contributed by atoms with Gasteiger partial charge in [-0.05, 0) is 46.5 Å². The Hall–Kier alpha value is -1.14. The standard InChI is InChI=1S/C16H27N3O2S/c1-16(2,3)21-15(20)19-13-6-4-5-12(9-13)17-8-7-14-10-22-11-18-14/h10-13,17H,4-9H2,1-3H3,(H,19,20). The Labute approximate surface area is 136 Å². The highest BCUT2D eigenvalue weighted by atomic mass is 32.1. The normalized spacial score (nSPS) is 22.3. The van der Waals surface area contributed by atoms with Gasteiger partial charge < -0.3 is 15.4 Å². The van der Waals surface area contributed by atoms with Crippen LogP contribution in [-0.2, 0) is 11.2 Å². The summed E-state index contributed by atoms with van der Waals surface area (Å²) in [4.78, 5) is 16.1. The van der Waals surface area contributed by atoms with Crippen molar-refractivity contribution in [2.24, 2.45) is 0 Å². The van der Waals surface area contributed by atoms with Crippen LogP contribution in [0.15, 0.2) is 10.9 Å². The number of rotatable bonds is 5. The van der Waals surface area contributed by atoms with Crippen molar-refractivity contribution in [2.75, 3.05) is 6.54 Å². The molecule has 1 aliphatic carbocycles. The van der Waals surface area contributed by atoms with Crippen LogP contribution in [0.4, 0.5) is 4.79 Å². The zero-order valence-electron chi connectivity index (χ0n) is 13.7. The van der Waals surface area contributed by atoms with Crippen molar-refractivity contribution in [1.29, 1.82) is 0 Å². The van der Waals surface area contributed by atoms with Gasteiger partial charge in [-0.25, -0.2) is 9.78 Å². The second kappa shape index (κ2) is 7.92. The fraction of sp³-hybridized carbons (Fsp3) is 0.750. The number of amides is 1. The predicted molar refractivity (Wildman–Crippen MR) is 89.2 cm³/mol. The molecular weight excluding hydrogens is 298 g/mol. The Morgan fingerprint density at radius 1 is 1.41 bits per heavy atom. The smallest absolute Gasteiger partial charge is 0.407 e. The first-order valence-corrected chi connectivity index (χ1v) is 8.96. The van der Waals surface area contributed by atoms with E-state index >= 15 is 0 Å². The number of aromatic nitrogens is 1. The molecule has 0 spiro atoms. The Balaban J connectivity index is 1.68. The molecule has 1 aromatic rings. The van der Waals surface area contributed by atoms with Gasteiger partial charge in [-0.1, -0.05) is 0 Å². The lowest BCUT2D eigenvalue weighted by Crippen LogP contribution is -2.46. The summed E-state index contributed by atoms with van der Waals surface area (Å²) in [6.07, 6.45) is 4.96. The van der Waals surface area contributed by atoms with Crippen molar-refractivity contribution < 1.29 is 9.53 Å². The van der Waals surface area contributed by atoms with Gasteiger partial charge in [0, 0.05) is 30.4 Å². The van der Waals surface area contributed by atoms with Crippen molar-refractivity contribution in [3.8, 4) is 0 Å². The number of carbonyl (C=O) groups excluding carboxylic acids is 1. The fourth-order valence-electron chi connectivity index (χ4n) is 2.75. The largest absolute Gasteiger partial charge is 0.444 e. The molecule has 1 aromatic heterocycles. The summed E-state index contributed by atoms with van der Waals surface area (Å²) in [7, 11) is 0. The van der Waals surface area contributed by atoms with Gasteiger partial charge in [0.05, 0.1) is 11.2 Å². The maximum Gasteiger partial charge on any atom is 0.407 e. The monoisotopic (exact) mass is 325 g/mol. The fourth-order valence-corrected chi connectivity index (χ4v) is 3.34. The molecule has 1 heterocycles. The molecule has 2 rings (SSSR count). The molecule has 5 nitrogen and oxygen atoms in total. The Morgan fingerprint density at radius 3 is 2.86 bits per heavy atom. The van der Waals surface area contributed by atoms with E-state index in [-0.39, 0.29) is 12.1 Å². The van der Waals surface area contributed by atoms with Crippen LogP contribution < -0.4 is 10.6 Å². The van der Waals surface area contributed by atoms with Crippen LogP contribution in [0.25, 0.3) is 0 Å². The second-order valence-corrected chi connectivity index (χ2v) is 7.61. The van der Waals surface area contributed by atoms with Crippen molar-refractivity contribution in [3.05, 3.63) is 16.6 Å². The van der Waals surface area contributed by atoms with E-state index in [1.54, 1.807) is 11.3 Å². The van der Waals surface area contributed by atoms with Gasteiger partial charge >= 0.3 is 6.09 Å². The second-order valence-electron chi connectivity index (χ2n) is 6.89. The minimum absolute atomic E-state index is 0.209. The third-order valence-corrected chi connectivity index (χ3v) is 4.33. The van der Waals surface area contributed by atoms with Gasteiger partial charge in [-0.15, -0.1) is 11.3 Å². The first-order valence-electron chi connectivity index (χ1n) is 8.02.